The van der Waals surface area contributed by atoms with E-state index in [4.69, 9.17) is 4.74 Å². The van der Waals surface area contributed by atoms with Gasteiger partial charge in [-0.15, -0.1) is 0 Å². The third-order valence-electron chi connectivity index (χ3n) is 3.15. The Kier molecular flexibility index (Phi) is 4.77. The van der Waals surface area contributed by atoms with Crippen LogP contribution in [0, 0.1) is 10.1 Å². The van der Waals surface area contributed by atoms with Gasteiger partial charge in [-0.25, -0.2) is 0 Å². The predicted octanol–water partition coefficient (Wildman–Crippen LogP) is 4.17. The summed E-state index contributed by atoms with van der Waals surface area (Å²) in [7, 11) is 0. The highest BCUT2D eigenvalue weighted by molar-refractivity contribution is 5.51. The van der Waals surface area contributed by atoms with E-state index in [0.717, 1.165) is 17.0 Å². The lowest BCUT2D eigenvalue weighted by Crippen LogP contribution is -2.08. The second kappa shape index (κ2) is 6.74. The Bertz CT molecular complexity index is 611. The number of para-hydroxylation sites is 1. The highest BCUT2D eigenvalue weighted by Gasteiger charge is 2.11. The highest BCUT2D eigenvalue weighted by Crippen LogP contribution is 2.28. The number of nitrogens with one attached hydrogen (secondary N) is 1. The average Bonchev–Trinajstić information content (AvgIpc) is 2.48. The molecule has 0 amide bonds. The predicted molar refractivity (Wildman–Crippen MR) is 82.7 cm³/mol. The standard InChI is InChI=1S/C16H18N2O3/c1-3-21-16-7-5-4-6-15(16)12(2)17-13-8-10-14(11-9-13)18(19)20/h4-12,17H,3H2,1-2H3. The van der Waals surface area contributed by atoms with E-state index < -0.39 is 4.92 Å². The summed E-state index contributed by atoms with van der Waals surface area (Å²) < 4.78 is 5.62. The van der Waals surface area contributed by atoms with Crippen molar-refractivity contribution in [3.63, 3.8) is 0 Å². The van der Waals surface area contributed by atoms with Crippen LogP contribution in [0.5, 0.6) is 5.75 Å². The Hall–Kier alpha value is -2.56. The van der Waals surface area contributed by atoms with Gasteiger partial charge >= 0.3 is 0 Å². The Labute approximate surface area is 123 Å². The fraction of sp³-hybridized carbons (Fsp3) is 0.250. The Morgan fingerprint density at radius 3 is 2.48 bits per heavy atom. The summed E-state index contributed by atoms with van der Waals surface area (Å²) in [6.45, 7) is 4.59. The van der Waals surface area contributed by atoms with Crippen LogP contribution in [0.25, 0.3) is 0 Å². The number of non-ortho nitro benzene ring substituents is 1. The second-order valence-corrected chi connectivity index (χ2v) is 4.64. The van der Waals surface area contributed by atoms with Gasteiger partial charge in [0.25, 0.3) is 5.69 Å². The maximum absolute atomic E-state index is 10.6. The molecule has 0 fully saturated rings. The van der Waals surface area contributed by atoms with Crippen molar-refractivity contribution < 1.29 is 9.66 Å². The molecule has 0 heterocycles. The minimum absolute atomic E-state index is 0.0363. The Balaban J connectivity index is 2.14. The summed E-state index contributed by atoms with van der Waals surface area (Å²) in [5.41, 5.74) is 1.97. The maximum atomic E-state index is 10.6. The molecule has 1 unspecified atom stereocenters. The largest absolute Gasteiger partial charge is 0.494 e. The van der Waals surface area contributed by atoms with Gasteiger partial charge in [-0.3, -0.25) is 10.1 Å². The summed E-state index contributed by atoms with van der Waals surface area (Å²) >= 11 is 0. The van der Waals surface area contributed by atoms with Crippen LogP contribution in [-0.4, -0.2) is 11.5 Å². The molecule has 1 atom stereocenters. The summed E-state index contributed by atoms with van der Waals surface area (Å²) in [5.74, 6) is 0.849. The first kappa shape index (κ1) is 14.8. The van der Waals surface area contributed by atoms with Gasteiger partial charge in [-0.05, 0) is 32.0 Å². The lowest BCUT2D eigenvalue weighted by Gasteiger charge is -2.18. The van der Waals surface area contributed by atoms with Crippen LogP contribution >= 0.6 is 0 Å². The lowest BCUT2D eigenvalue weighted by molar-refractivity contribution is -0.384. The fourth-order valence-electron chi connectivity index (χ4n) is 2.13. The number of ether oxygens (including phenoxy) is 1. The quantitative estimate of drug-likeness (QED) is 0.639. The first-order valence-electron chi connectivity index (χ1n) is 6.84. The van der Waals surface area contributed by atoms with Crippen LogP contribution in [0.2, 0.25) is 0 Å². The Morgan fingerprint density at radius 2 is 1.86 bits per heavy atom. The lowest BCUT2D eigenvalue weighted by atomic mass is 10.1. The van der Waals surface area contributed by atoms with Crippen molar-refractivity contribution in [3.05, 3.63) is 64.2 Å². The van der Waals surface area contributed by atoms with Crippen LogP contribution in [0.3, 0.4) is 0 Å². The van der Waals surface area contributed by atoms with E-state index in [9.17, 15) is 10.1 Å². The van der Waals surface area contributed by atoms with Gasteiger partial charge < -0.3 is 10.1 Å². The van der Waals surface area contributed by atoms with Crippen LogP contribution < -0.4 is 10.1 Å². The minimum Gasteiger partial charge on any atom is -0.494 e. The molecule has 2 rings (SSSR count). The van der Waals surface area contributed by atoms with Gasteiger partial charge in [0, 0.05) is 23.4 Å². The van der Waals surface area contributed by atoms with Crippen molar-refractivity contribution in [3.8, 4) is 5.75 Å². The molecular weight excluding hydrogens is 268 g/mol. The number of anilines is 1. The van der Waals surface area contributed by atoms with E-state index in [2.05, 4.69) is 5.32 Å². The average molecular weight is 286 g/mol. The van der Waals surface area contributed by atoms with Crippen LogP contribution in [0.4, 0.5) is 11.4 Å². The summed E-state index contributed by atoms with van der Waals surface area (Å²) in [4.78, 5) is 10.2. The maximum Gasteiger partial charge on any atom is 0.269 e. The number of benzene rings is 2. The molecular formula is C16H18N2O3. The topological polar surface area (TPSA) is 64.4 Å². The normalized spacial score (nSPS) is 11.7. The molecule has 110 valence electrons. The molecule has 0 aliphatic rings. The minimum atomic E-state index is -0.405. The third-order valence-corrected chi connectivity index (χ3v) is 3.15. The number of hydrogen-bond acceptors (Lipinski definition) is 4. The number of nitrogens with zero attached hydrogens (tertiary/aromatic N) is 1. The van der Waals surface area contributed by atoms with E-state index in [1.54, 1.807) is 12.1 Å². The molecule has 0 saturated carbocycles. The van der Waals surface area contributed by atoms with Crippen LogP contribution in [-0.2, 0) is 0 Å². The molecule has 2 aromatic carbocycles. The molecule has 5 nitrogen and oxygen atoms in total. The molecule has 0 aromatic heterocycles. The van der Waals surface area contributed by atoms with E-state index in [0.29, 0.717) is 6.61 Å². The van der Waals surface area contributed by atoms with Crippen molar-refractivity contribution in [1.29, 1.82) is 0 Å². The number of nitro benzene ring substituents is 1. The SMILES string of the molecule is CCOc1ccccc1C(C)Nc1ccc([N+](=O)[O-])cc1. The van der Waals surface area contributed by atoms with Crippen LogP contribution in [0.1, 0.15) is 25.5 Å². The molecule has 0 bridgehead atoms. The van der Waals surface area contributed by atoms with E-state index in [1.165, 1.54) is 12.1 Å². The molecule has 1 N–H and O–H groups in total. The van der Waals surface area contributed by atoms with Crippen molar-refractivity contribution in [2.24, 2.45) is 0 Å². The van der Waals surface area contributed by atoms with Gasteiger partial charge in [0.05, 0.1) is 17.6 Å². The first-order valence-corrected chi connectivity index (χ1v) is 6.84. The zero-order valence-electron chi connectivity index (χ0n) is 12.1. The van der Waals surface area contributed by atoms with Gasteiger partial charge in [-0.1, -0.05) is 18.2 Å². The van der Waals surface area contributed by atoms with Crippen molar-refractivity contribution in [2.75, 3.05) is 11.9 Å². The number of hydrogen-bond donors (Lipinski definition) is 1. The summed E-state index contributed by atoms with van der Waals surface area (Å²) in [6.07, 6.45) is 0. The van der Waals surface area contributed by atoms with E-state index in [-0.39, 0.29) is 11.7 Å². The molecule has 0 spiro atoms. The van der Waals surface area contributed by atoms with Gasteiger partial charge in [0.15, 0.2) is 0 Å². The molecule has 2 aromatic rings. The monoisotopic (exact) mass is 286 g/mol. The van der Waals surface area contributed by atoms with E-state index >= 15 is 0 Å². The zero-order chi connectivity index (χ0) is 15.2. The highest BCUT2D eigenvalue weighted by atomic mass is 16.6. The fourth-order valence-corrected chi connectivity index (χ4v) is 2.13. The molecule has 21 heavy (non-hydrogen) atoms. The summed E-state index contributed by atoms with van der Waals surface area (Å²) in [6, 6.07) is 14.3. The third kappa shape index (κ3) is 3.72. The second-order valence-electron chi connectivity index (χ2n) is 4.64. The zero-order valence-corrected chi connectivity index (χ0v) is 12.1. The molecule has 5 heteroatoms. The van der Waals surface area contributed by atoms with E-state index in [1.807, 2.05) is 38.1 Å². The van der Waals surface area contributed by atoms with Gasteiger partial charge in [-0.2, -0.15) is 0 Å². The first-order chi connectivity index (χ1) is 10.1. The number of rotatable bonds is 6. The summed E-state index contributed by atoms with van der Waals surface area (Å²) in [5, 5.41) is 14.0. The van der Waals surface area contributed by atoms with Crippen molar-refractivity contribution >= 4 is 11.4 Å². The number of nitro groups is 1. The molecule has 0 aliphatic heterocycles. The molecule has 0 saturated heterocycles. The Morgan fingerprint density at radius 1 is 1.19 bits per heavy atom. The van der Waals surface area contributed by atoms with Gasteiger partial charge in [0.2, 0.25) is 0 Å². The molecule has 0 aliphatic carbocycles. The van der Waals surface area contributed by atoms with Crippen molar-refractivity contribution in [2.45, 2.75) is 19.9 Å². The smallest absolute Gasteiger partial charge is 0.269 e. The molecule has 0 radical (unpaired) electrons. The van der Waals surface area contributed by atoms with Crippen LogP contribution in [0.15, 0.2) is 48.5 Å². The van der Waals surface area contributed by atoms with Gasteiger partial charge in [0.1, 0.15) is 5.75 Å². The van der Waals surface area contributed by atoms with Crippen molar-refractivity contribution in [1.82, 2.24) is 0 Å².